The van der Waals surface area contributed by atoms with Gasteiger partial charge in [-0.25, -0.2) is 9.37 Å². The Bertz CT molecular complexity index is 1170. The van der Waals surface area contributed by atoms with Gasteiger partial charge in [-0.15, -0.1) is 0 Å². The third kappa shape index (κ3) is 4.13. The fraction of sp³-hybridized carbons (Fsp3) is 0.192. The number of nitrogens with zero attached hydrogens (tertiary/aromatic N) is 1. The number of fused-ring (bicyclic) bond motifs is 1. The van der Waals surface area contributed by atoms with Gasteiger partial charge >= 0.3 is 0 Å². The molecule has 0 atom stereocenters. The van der Waals surface area contributed by atoms with Crippen LogP contribution in [0.1, 0.15) is 25.0 Å². The van der Waals surface area contributed by atoms with Crippen molar-refractivity contribution in [3.8, 4) is 22.6 Å². The normalized spacial score (nSPS) is 11.1. The zero-order chi connectivity index (χ0) is 21.1. The van der Waals surface area contributed by atoms with Gasteiger partial charge in [0.15, 0.2) is 0 Å². The van der Waals surface area contributed by atoms with Gasteiger partial charge < -0.3 is 9.47 Å². The summed E-state index contributed by atoms with van der Waals surface area (Å²) >= 11 is 0. The van der Waals surface area contributed by atoms with Crippen LogP contribution in [0.2, 0.25) is 0 Å². The van der Waals surface area contributed by atoms with Crippen molar-refractivity contribution < 1.29 is 13.9 Å². The zero-order valence-electron chi connectivity index (χ0n) is 17.4. The largest absolute Gasteiger partial charge is 0.489 e. The molecule has 0 aliphatic rings. The Labute approximate surface area is 176 Å². The summed E-state index contributed by atoms with van der Waals surface area (Å²) in [6.45, 7) is 6.17. The maximum Gasteiger partial charge on any atom is 0.146 e. The molecular formula is C26H24FNO2. The Morgan fingerprint density at radius 2 is 1.73 bits per heavy atom. The molecule has 4 aromatic rings. The number of aromatic nitrogens is 1. The van der Waals surface area contributed by atoms with Gasteiger partial charge in [-0.2, -0.15) is 0 Å². The highest BCUT2D eigenvalue weighted by molar-refractivity contribution is 6.00. The lowest BCUT2D eigenvalue weighted by Crippen LogP contribution is -2.07. The van der Waals surface area contributed by atoms with Crippen molar-refractivity contribution in [2.75, 3.05) is 0 Å². The lowest BCUT2D eigenvalue weighted by atomic mass is 9.98. The van der Waals surface area contributed by atoms with Crippen molar-refractivity contribution in [2.45, 2.75) is 33.5 Å². The highest BCUT2D eigenvalue weighted by Crippen LogP contribution is 2.39. The first-order chi connectivity index (χ1) is 14.5. The van der Waals surface area contributed by atoms with E-state index in [1.807, 2.05) is 68.4 Å². The molecule has 4 rings (SSSR count). The number of rotatable bonds is 6. The molecule has 3 nitrogen and oxygen atoms in total. The van der Waals surface area contributed by atoms with Gasteiger partial charge in [-0.1, -0.05) is 48.5 Å². The quantitative estimate of drug-likeness (QED) is 0.359. The van der Waals surface area contributed by atoms with Crippen molar-refractivity contribution in [3.63, 3.8) is 0 Å². The van der Waals surface area contributed by atoms with Gasteiger partial charge in [-0.05, 0) is 55.7 Å². The van der Waals surface area contributed by atoms with E-state index in [0.29, 0.717) is 23.7 Å². The summed E-state index contributed by atoms with van der Waals surface area (Å²) in [6.07, 6.45) is 1.72. The molecule has 152 valence electrons. The predicted octanol–water partition coefficient (Wildman–Crippen LogP) is 6.72. The van der Waals surface area contributed by atoms with Crippen LogP contribution in [0.3, 0.4) is 0 Å². The summed E-state index contributed by atoms with van der Waals surface area (Å²) in [4.78, 5) is 4.65. The maximum atomic E-state index is 13.9. The standard InChI is InChI=1S/C26H24FNO2/c1-17(2)30-24-15-28-26-21(25(24)20-12-13-22(27)18(3)14-20)10-7-11-23(26)29-16-19-8-5-4-6-9-19/h4-15,17H,16H2,1-3H3. The molecule has 0 saturated heterocycles. The summed E-state index contributed by atoms with van der Waals surface area (Å²) < 4.78 is 26.0. The van der Waals surface area contributed by atoms with E-state index in [1.165, 1.54) is 6.07 Å². The van der Waals surface area contributed by atoms with Crippen molar-refractivity contribution in [2.24, 2.45) is 0 Å². The summed E-state index contributed by atoms with van der Waals surface area (Å²) in [5.41, 5.74) is 4.20. The third-order valence-corrected chi connectivity index (χ3v) is 4.87. The molecule has 4 heteroatoms. The van der Waals surface area contributed by atoms with Gasteiger partial charge in [0.25, 0.3) is 0 Å². The number of aryl methyl sites for hydroxylation is 1. The number of pyridine rings is 1. The van der Waals surface area contributed by atoms with Gasteiger partial charge in [0.05, 0.1) is 12.3 Å². The molecular weight excluding hydrogens is 377 g/mol. The smallest absolute Gasteiger partial charge is 0.146 e. The van der Waals surface area contributed by atoms with Crippen LogP contribution in [0.15, 0.2) is 72.9 Å². The first-order valence-electron chi connectivity index (χ1n) is 10.0. The molecule has 0 fully saturated rings. The average molecular weight is 401 g/mol. The molecule has 0 aliphatic heterocycles. The number of para-hydroxylation sites is 1. The first kappa shape index (κ1) is 19.9. The van der Waals surface area contributed by atoms with Crippen LogP contribution in [0, 0.1) is 12.7 Å². The third-order valence-electron chi connectivity index (χ3n) is 4.87. The topological polar surface area (TPSA) is 31.4 Å². The molecule has 0 unspecified atom stereocenters. The molecule has 0 N–H and O–H groups in total. The average Bonchev–Trinajstić information content (AvgIpc) is 2.74. The highest BCUT2D eigenvalue weighted by atomic mass is 19.1. The van der Waals surface area contributed by atoms with E-state index in [1.54, 1.807) is 19.2 Å². The Balaban J connectivity index is 1.83. The Kier molecular flexibility index (Phi) is 5.66. The monoisotopic (exact) mass is 401 g/mol. The predicted molar refractivity (Wildman–Crippen MR) is 118 cm³/mol. The van der Waals surface area contributed by atoms with Crippen molar-refractivity contribution in [1.82, 2.24) is 4.98 Å². The first-order valence-corrected chi connectivity index (χ1v) is 10.0. The molecule has 1 aromatic heterocycles. The number of halogens is 1. The molecule has 0 spiro atoms. The van der Waals surface area contributed by atoms with Crippen molar-refractivity contribution >= 4 is 10.9 Å². The summed E-state index contributed by atoms with van der Waals surface area (Å²) in [5.74, 6) is 1.14. The van der Waals surface area contributed by atoms with Crippen molar-refractivity contribution in [3.05, 3.63) is 89.9 Å². The second-order valence-electron chi connectivity index (χ2n) is 7.55. The van der Waals surface area contributed by atoms with E-state index in [0.717, 1.165) is 27.6 Å². The van der Waals surface area contributed by atoms with E-state index in [9.17, 15) is 4.39 Å². The second-order valence-corrected chi connectivity index (χ2v) is 7.55. The fourth-order valence-electron chi connectivity index (χ4n) is 3.47. The number of hydrogen-bond donors (Lipinski definition) is 0. The highest BCUT2D eigenvalue weighted by Gasteiger charge is 2.17. The number of ether oxygens (including phenoxy) is 2. The minimum atomic E-state index is -0.227. The Morgan fingerprint density at radius 1 is 0.933 bits per heavy atom. The van der Waals surface area contributed by atoms with Crippen LogP contribution >= 0.6 is 0 Å². The number of hydrogen-bond acceptors (Lipinski definition) is 3. The molecule has 3 aromatic carbocycles. The van der Waals surface area contributed by atoms with Gasteiger partial charge in [0.2, 0.25) is 0 Å². The van der Waals surface area contributed by atoms with Crippen molar-refractivity contribution in [1.29, 1.82) is 0 Å². The van der Waals surface area contributed by atoms with Crippen LogP contribution in [-0.4, -0.2) is 11.1 Å². The molecule has 1 heterocycles. The lowest BCUT2D eigenvalue weighted by molar-refractivity contribution is 0.243. The van der Waals surface area contributed by atoms with Crippen LogP contribution in [0.4, 0.5) is 4.39 Å². The van der Waals surface area contributed by atoms with Crippen LogP contribution in [0.5, 0.6) is 11.5 Å². The minimum Gasteiger partial charge on any atom is -0.489 e. The van der Waals surface area contributed by atoms with Gasteiger partial charge in [-0.3, -0.25) is 0 Å². The van der Waals surface area contributed by atoms with Crippen LogP contribution < -0.4 is 9.47 Å². The number of benzene rings is 3. The van der Waals surface area contributed by atoms with E-state index in [-0.39, 0.29) is 11.9 Å². The second kappa shape index (κ2) is 8.54. The van der Waals surface area contributed by atoms with E-state index < -0.39 is 0 Å². The van der Waals surface area contributed by atoms with E-state index in [4.69, 9.17) is 9.47 Å². The molecule has 0 saturated carbocycles. The molecule has 0 amide bonds. The summed E-state index contributed by atoms with van der Waals surface area (Å²) in [5, 5.41) is 0.907. The SMILES string of the molecule is Cc1cc(-c2c(OC(C)C)cnc3c(OCc4ccccc4)cccc23)ccc1F. The summed E-state index contributed by atoms with van der Waals surface area (Å²) in [7, 11) is 0. The molecule has 0 bridgehead atoms. The molecule has 0 aliphatic carbocycles. The van der Waals surface area contributed by atoms with E-state index >= 15 is 0 Å². The maximum absolute atomic E-state index is 13.9. The zero-order valence-corrected chi connectivity index (χ0v) is 17.4. The molecule has 30 heavy (non-hydrogen) atoms. The van der Waals surface area contributed by atoms with Gasteiger partial charge in [0.1, 0.15) is 29.4 Å². The lowest BCUT2D eigenvalue weighted by Gasteiger charge is -2.18. The Morgan fingerprint density at radius 3 is 2.47 bits per heavy atom. The van der Waals surface area contributed by atoms with Crippen LogP contribution in [-0.2, 0) is 6.61 Å². The Hall–Kier alpha value is -3.40. The molecule has 0 radical (unpaired) electrons. The fourth-order valence-corrected chi connectivity index (χ4v) is 3.47. The minimum absolute atomic E-state index is 0.0120. The summed E-state index contributed by atoms with van der Waals surface area (Å²) in [6, 6.07) is 21.0. The van der Waals surface area contributed by atoms with Crippen LogP contribution in [0.25, 0.3) is 22.0 Å². The van der Waals surface area contributed by atoms with E-state index in [2.05, 4.69) is 4.98 Å². The van der Waals surface area contributed by atoms with Gasteiger partial charge in [0, 0.05) is 10.9 Å².